The Morgan fingerprint density at radius 1 is 1.18 bits per heavy atom. The zero-order valence-electron chi connectivity index (χ0n) is 11.6. The largest absolute Gasteiger partial charge is 0.391 e. The van der Waals surface area contributed by atoms with Crippen molar-refractivity contribution in [3.8, 4) is 0 Å². The summed E-state index contributed by atoms with van der Waals surface area (Å²) in [7, 11) is 0. The molecule has 0 aromatic heterocycles. The summed E-state index contributed by atoms with van der Waals surface area (Å²) in [5, 5.41) is 15.8. The van der Waals surface area contributed by atoms with Crippen LogP contribution in [-0.4, -0.2) is 36.8 Å². The summed E-state index contributed by atoms with van der Waals surface area (Å²) in [5.74, 6) is 0.235. The number of carbonyl (C=O) groups excluding carboxylic acids is 1. The second kappa shape index (κ2) is 9.42. The molecule has 2 unspecified atom stereocenters. The maximum absolute atomic E-state index is 11.7. The lowest BCUT2D eigenvalue weighted by Gasteiger charge is -2.21. The van der Waals surface area contributed by atoms with E-state index in [0.717, 1.165) is 19.4 Å². The van der Waals surface area contributed by atoms with Crippen molar-refractivity contribution in [3.63, 3.8) is 0 Å². The van der Waals surface area contributed by atoms with Crippen LogP contribution in [-0.2, 0) is 4.79 Å². The highest BCUT2D eigenvalue weighted by Crippen LogP contribution is 2.12. The predicted molar refractivity (Wildman–Crippen MR) is 70.8 cm³/mol. The molecule has 0 aliphatic rings. The van der Waals surface area contributed by atoms with E-state index in [1.165, 1.54) is 0 Å². The van der Waals surface area contributed by atoms with Crippen LogP contribution in [0.5, 0.6) is 0 Å². The van der Waals surface area contributed by atoms with Gasteiger partial charge in [0.15, 0.2) is 0 Å². The lowest BCUT2D eigenvalue weighted by atomic mass is 9.96. The molecule has 0 saturated carbocycles. The molecule has 0 heterocycles. The summed E-state index contributed by atoms with van der Waals surface area (Å²) < 4.78 is 0. The minimum atomic E-state index is -0.430. The third-order valence-corrected chi connectivity index (χ3v) is 3.23. The molecule has 17 heavy (non-hydrogen) atoms. The van der Waals surface area contributed by atoms with Gasteiger partial charge in [0.25, 0.3) is 0 Å². The highest BCUT2D eigenvalue weighted by atomic mass is 16.3. The lowest BCUT2D eigenvalue weighted by molar-refractivity contribution is -0.125. The molecular weight excluding hydrogens is 216 g/mol. The summed E-state index contributed by atoms with van der Waals surface area (Å²) in [4.78, 5) is 11.7. The maximum Gasteiger partial charge on any atom is 0.224 e. The van der Waals surface area contributed by atoms with Crippen LogP contribution < -0.4 is 10.6 Å². The van der Waals surface area contributed by atoms with Gasteiger partial charge in [-0.3, -0.25) is 4.79 Å². The van der Waals surface area contributed by atoms with Gasteiger partial charge in [-0.05, 0) is 12.5 Å². The first-order valence-electron chi connectivity index (χ1n) is 6.73. The monoisotopic (exact) mass is 244 g/mol. The van der Waals surface area contributed by atoms with Gasteiger partial charge < -0.3 is 15.7 Å². The Bertz CT molecular complexity index is 206. The first kappa shape index (κ1) is 16.4. The molecule has 3 N–H and O–H groups in total. The van der Waals surface area contributed by atoms with Crippen LogP contribution in [0, 0.1) is 11.8 Å². The Hall–Kier alpha value is -0.610. The molecule has 0 aromatic carbocycles. The molecule has 0 bridgehead atoms. The molecule has 0 aliphatic carbocycles. The average Bonchev–Trinajstić information content (AvgIpc) is 2.34. The Morgan fingerprint density at radius 2 is 1.76 bits per heavy atom. The smallest absolute Gasteiger partial charge is 0.224 e. The van der Waals surface area contributed by atoms with E-state index < -0.39 is 6.10 Å². The van der Waals surface area contributed by atoms with Crippen LogP contribution in [0.4, 0.5) is 0 Å². The molecule has 0 aliphatic heterocycles. The number of hydrogen-bond acceptors (Lipinski definition) is 3. The Morgan fingerprint density at radius 3 is 2.24 bits per heavy atom. The second-order valence-corrected chi connectivity index (χ2v) is 4.60. The van der Waals surface area contributed by atoms with Gasteiger partial charge in [0, 0.05) is 19.0 Å². The zero-order chi connectivity index (χ0) is 13.3. The van der Waals surface area contributed by atoms with E-state index in [2.05, 4.69) is 24.5 Å². The van der Waals surface area contributed by atoms with Crippen LogP contribution in [0.1, 0.15) is 40.5 Å². The number of carbonyl (C=O) groups is 1. The predicted octanol–water partition coefficient (Wildman–Crippen LogP) is 1.15. The van der Waals surface area contributed by atoms with Gasteiger partial charge >= 0.3 is 0 Å². The fourth-order valence-corrected chi connectivity index (χ4v) is 1.83. The van der Waals surface area contributed by atoms with Gasteiger partial charge in [0.1, 0.15) is 0 Å². The SMILES string of the molecule is CCNCC(C)C(=O)NCC(O)C(CC)CC. The van der Waals surface area contributed by atoms with E-state index in [-0.39, 0.29) is 17.7 Å². The van der Waals surface area contributed by atoms with Crippen molar-refractivity contribution < 1.29 is 9.90 Å². The minimum Gasteiger partial charge on any atom is -0.391 e. The van der Waals surface area contributed by atoms with Gasteiger partial charge in [-0.1, -0.05) is 40.5 Å². The lowest BCUT2D eigenvalue weighted by Crippen LogP contribution is -2.41. The fraction of sp³-hybridized carbons (Fsp3) is 0.923. The fourth-order valence-electron chi connectivity index (χ4n) is 1.83. The van der Waals surface area contributed by atoms with Crippen LogP contribution in [0.2, 0.25) is 0 Å². The highest BCUT2D eigenvalue weighted by molar-refractivity contribution is 5.78. The van der Waals surface area contributed by atoms with Crippen molar-refractivity contribution in [2.24, 2.45) is 11.8 Å². The zero-order valence-corrected chi connectivity index (χ0v) is 11.6. The molecule has 0 radical (unpaired) electrons. The second-order valence-electron chi connectivity index (χ2n) is 4.60. The summed E-state index contributed by atoms with van der Waals surface area (Å²) in [6.07, 6.45) is 1.46. The summed E-state index contributed by atoms with van der Waals surface area (Å²) in [6.45, 7) is 9.95. The molecule has 0 aromatic rings. The minimum absolute atomic E-state index is 0.0101. The van der Waals surface area contributed by atoms with Crippen molar-refractivity contribution in [1.29, 1.82) is 0 Å². The van der Waals surface area contributed by atoms with Crippen molar-refractivity contribution >= 4 is 5.91 Å². The normalized spacial score (nSPS) is 14.7. The number of hydrogen-bond donors (Lipinski definition) is 3. The summed E-state index contributed by atoms with van der Waals surface area (Å²) >= 11 is 0. The van der Waals surface area contributed by atoms with E-state index in [1.807, 2.05) is 13.8 Å². The van der Waals surface area contributed by atoms with Gasteiger partial charge in [0.2, 0.25) is 5.91 Å². The van der Waals surface area contributed by atoms with Gasteiger partial charge in [-0.2, -0.15) is 0 Å². The maximum atomic E-state index is 11.7. The van der Waals surface area contributed by atoms with Gasteiger partial charge in [-0.15, -0.1) is 0 Å². The van der Waals surface area contributed by atoms with Crippen molar-refractivity contribution in [2.45, 2.75) is 46.6 Å². The Balaban J connectivity index is 3.89. The standard InChI is InChI=1S/C13H28N2O2/c1-5-11(6-2)12(16)9-15-13(17)10(4)8-14-7-3/h10-12,14,16H,5-9H2,1-4H3,(H,15,17). The van der Waals surface area contributed by atoms with Gasteiger partial charge in [-0.25, -0.2) is 0 Å². The molecule has 1 amide bonds. The number of aliphatic hydroxyl groups is 1. The molecule has 0 spiro atoms. The van der Waals surface area contributed by atoms with Gasteiger partial charge in [0.05, 0.1) is 6.10 Å². The molecule has 102 valence electrons. The molecule has 0 rings (SSSR count). The van der Waals surface area contributed by atoms with Crippen molar-refractivity contribution in [1.82, 2.24) is 10.6 Å². The first-order valence-corrected chi connectivity index (χ1v) is 6.73. The average molecular weight is 244 g/mol. The molecular formula is C13H28N2O2. The summed E-state index contributed by atoms with van der Waals surface area (Å²) in [5.41, 5.74) is 0. The first-order chi connectivity index (χ1) is 8.06. The van der Waals surface area contributed by atoms with E-state index in [4.69, 9.17) is 0 Å². The van der Waals surface area contributed by atoms with E-state index >= 15 is 0 Å². The third-order valence-electron chi connectivity index (χ3n) is 3.23. The molecule has 4 nitrogen and oxygen atoms in total. The van der Waals surface area contributed by atoms with Crippen LogP contribution >= 0.6 is 0 Å². The Kier molecular flexibility index (Phi) is 9.09. The highest BCUT2D eigenvalue weighted by Gasteiger charge is 2.18. The number of nitrogens with one attached hydrogen (secondary N) is 2. The molecule has 0 fully saturated rings. The topological polar surface area (TPSA) is 61.4 Å². The number of amides is 1. The van der Waals surface area contributed by atoms with Crippen LogP contribution in [0.25, 0.3) is 0 Å². The van der Waals surface area contributed by atoms with Crippen LogP contribution in [0.3, 0.4) is 0 Å². The molecule has 4 heteroatoms. The van der Waals surface area contributed by atoms with Crippen molar-refractivity contribution in [2.75, 3.05) is 19.6 Å². The van der Waals surface area contributed by atoms with Crippen LogP contribution in [0.15, 0.2) is 0 Å². The van der Waals surface area contributed by atoms with E-state index in [9.17, 15) is 9.90 Å². The van der Waals surface area contributed by atoms with Crippen molar-refractivity contribution in [3.05, 3.63) is 0 Å². The molecule has 0 saturated heterocycles. The Labute approximate surface area is 105 Å². The number of aliphatic hydroxyl groups excluding tert-OH is 1. The van der Waals surface area contributed by atoms with E-state index in [1.54, 1.807) is 0 Å². The quantitative estimate of drug-likeness (QED) is 0.570. The number of rotatable bonds is 9. The molecule has 2 atom stereocenters. The third kappa shape index (κ3) is 6.64. The summed E-state index contributed by atoms with van der Waals surface area (Å²) in [6, 6.07) is 0. The van der Waals surface area contributed by atoms with E-state index in [0.29, 0.717) is 13.1 Å².